The van der Waals surface area contributed by atoms with Gasteiger partial charge < -0.3 is 10.2 Å². The normalized spacial score (nSPS) is 20.1. The molecular weight excluding hydrogens is 214 g/mol. The second-order valence-electron chi connectivity index (χ2n) is 4.45. The molecule has 1 aliphatic rings. The van der Waals surface area contributed by atoms with Crippen molar-refractivity contribution in [3.63, 3.8) is 0 Å². The van der Waals surface area contributed by atoms with E-state index in [4.69, 9.17) is 0 Å². The van der Waals surface area contributed by atoms with E-state index < -0.39 is 0 Å². The van der Waals surface area contributed by atoms with Crippen LogP contribution in [0.5, 0.6) is 0 Å². The van der Waals surface area contributed by atoms with E-state index in [2.05, 4.69) is 10.3 Å². The van der Waals surface area contributed by atoms with E-state index >= 15 is 0 Å². The third-order valence-electron chi connectivity index (χ3n) is 3.14. The van der Waals surface area contributed by atoms with E-state index in [1.54, 1.807) is 0 Å². The van der Waals surface area contributed by atoms with Crippen LogP contribution in [0.15, 0.2) is 12.1 Å². The van der Waals surface area contributed by atoms with E-state index in [9.17, 15) is 4.79 Å². The molecule has 1 atom stereocenters. The van der Waals surface area contributed by atoms with Gasteiger partial charge in [0.15, 0.2) is 0 Å². The predicted molar refractivity (Wildman–Crippen MR) is 68.1 cm³/mol. The number of anilines is 1. The molecule has 0 aromatic carbocycles. The Morgan fingerprint density at radius 1 is 1.47 bits per heavy atom. The highest BCUT2D eigenvalue weighted by Gasteiger charge is 2.32. The van der Waals surface area contributed by atoms with Crippen molar-refractivity contribution in [1.29, 1.82) is 0 Å². The average molecular weight is 233 g/mol. The minimum Gasteiger partial charge on any atom is -0.309 e. The van der Waals surface area contributed by atoms with Gasteiger partial charge in [-0.25, -0.2) is 0 Å². The molecule has 1 aromatic heterocycles. The number of amides is 1. The average Bonchev–Trinajstić information content (AvgIpc) is 2.62. The quantitative estimate of drug-likeness (QED) is 0.858. The zero-order valence-electron chi connectivity index (χ0n) is 10.7. The second kappa shape index (κ2) is 4.84. The second-order valence-corrected chi connectivity index (χ2v) is 4.45. The third kappa shape index (κ3) is 2.31. The van der Waals surface area contributed by atoms with Gasteiger partial charge in [0.2, 0.25) is 5.91 Å². The molecule has 17 heavy (non-hydrogen) atoms. The summed E-state index contributed by atoms with van der Waals surface area (Å²) in [5, 5.41) is 3.21. The minimum absolute atomic E-state index is 0.0271. The summed E-state index contributed by atoms with van der Waals surface area (Å²) in [6, 6.07) is 3.92. The van der Waals surface area contributed by atoms with Gasteiger partial charge in [-0.2, -0.15) is 0 Å². The van der Waals surface area contributed by atoms with Crippen molar-refractivity contribution in [2.75, 3.05) is 18.0 Å². The molecule has 92 valence electrons. The first-order valence-corrected chi connectivity index (χ1v) is 6.12. The minimum atomic E-state index is -0.0271. The number of likely N-dealkylation sites (N-methyl/N-ethyl adjacent to an activating group) is 1. The molecule has 2 rings (SSSR count). The lowest BCUT2D eigenvalue weighted by Crippen LogP contribution is -2.38. The van der Waals surface area contributed by atoms with Crippen LogP contribution in [-0.2, 0) is 4.79 Å². The van der Waals surface area contributed by atoms with E-state index in [0.717, 1.165) is 36.6 Å². The fraction of sp³-hybridized carbons (Fsp3) is 0.538. The molecular formula is C13H19N3O. The molecule has 1 fully saturated rings. The van der Waals surface area contributed by atoms with Crippen LogP contribution in [0.25, 0.3) is 0 Å². The number of hydrogen-bond donors (Lipinski definition) is 1. The zero-order chi connectivity index (χ0) is 12.4. The number of aromatic nitrogens is 1. The Labute approximate surface area is 102 Å². The molecule has 0 saturated carbocycles. The molecule has 0 aliphatic carbocycles. The SMILES string of the molecule is CCNC1CCN(c2ccc(C)nc2C)C1=O. The highest BCUT2D eigenvalue weighted by Crippen LogP contribution is 2.24. The summed E-state index contributed by atoms with van der Waals surface area (Å²) < 4.78 is 0. The standard InChI is InChI=1S/C13H19N3O/c1-4-14-11-7-8-16(13(11)17)12-6-5-9(2)15-10(12)3/h5-6,11,14H,4,7-8H2,1-3H3. The Hall–Kier alpha value is -1.42. The van der Waals surface area contributed by atoms with Gasteiger partial charge in [0.05, 0.1) is 17.4 Å². The molecule has 1 N–H and O–H groups in total. The smallest absolute Gasteiger partial charge is 0.244 e. The van der Waals surface area contributed by atoms with Crippen LogP contribution < -0.4 is 10.2 Å². The number of nitrogens with one attached hydrogen (secondary N) is 1. The van der Waals surface area contributed by atoms with Gasteiger partial charge in [-0.1, -0.05) is 6.92 Å². The Balaban J connectivity index is 2.21. The van der Waals surface area contributed by atoms with Gasteiger partial charge in [0.25, 0.3) is 0 Å². The molecule has 1 amide bonds. The van der Waals surface area contributed by atoms with Crippen LogP contribution in [0.4, 0.5) is 5.69 Å². The number of rotatable bonds is 3. The first kappa shape index (κ1) is 12.0. The summed E-state index contributed by atoms with van der Waals surface area (Å²) in [4.78, 5) is 18.4. The maximum absolute atomic E-state index is 12.2. The molecule has 1 aromatic rings. The van der Waals surface area contributed by atoms with Gasteiger partial charge in [-0.05, 0) is 38.9 Å². The molecule has 1 aliphatic heterocycles. The first-order chi connectivity index (χ1) is 8.13. The molecule has 0 radical (unpaired) electrons. The van der Waals surface area contributed by atoms with Crippen LogP contribution in [-0.4, -0.2) is 30.0 Å². The summed E-state index contributed by atoms with van der Waals surface area (Å²) in [7, 11) is 0. The number of nitrogens with zero attached hydrogens (tertiary/aromatic N) is 2. The van der Waals surface area contributed by atoms with Crippen molar-refractivity contribution in [2.45, 2.75) is 33.2 Å². The van der Waals surface area contributed by atoms with Crippen LogP contribution in [0.1, 0.15) is 24.7 Å². The van der Waals surface area contributed by atoms with Gasteiger partial charge in [0, 0.05) is 12.2 Å². The zero-order valence-corrected chi connectivity index (χ0v) is 10.7. The van der Waals surface area contributed by atoms with Crippen molar-refractivity contribution >= 4 is 11.6 Å². The van der Waals surface area contributed by atoms with Crippen LogP contribution >= 0.6 is 0 Å². The number of carbonyl (C=O) groups excluding carboxylic acids is 1. The van der Waals surface area contributed by atoms with Gasteiger partial charge in [-0.3, -0.25) is 9.78 Å². The number of carbonyl (C=O) groups is 1. The molecule has 0 bridgehead atoms. The first-order valence-electron chi connectivity index (χ1n) is 6.12. The summed E-state index contributed by atoms with van der Waals surface area (Å²) in [5.41, 5.74) is 2.86. The third-order valence-corrected chi connectivity index (χ3v) is 3.14. The maximum atomic E-state index is 12.2. The Morgan fingerprint density at radius 3 is 2.88 bits per heavy atom. The summed E-state index contributed by atoms with van der Waals surface area (Å²) >= 11 is 0. The van der Waals surface area contributed by atoms with Crippen molar-refractivity contribution in [3.05, 3.63) is 23.5 Å². The molecule has 4 nitrogen and oxygen atoms in total. The van der Waals surface area contributed by atoms with E-state index in [1.165, 1.54) is 0 Å². The Morgan fingerprint density at radius 2 is 2.24 bits per heavy atom. The lowest BCUT2D eigenvalue weighted by molar-refractivity contribution is -0.118. The van der Waals surface area contributed by atoms with Crippen LogP contribution in [0.3, 0.4) is 0 Å². The Kier molecular flexibility index (Phi) is 3.43. The van der Waals surface area contributed by atoms with Crippen molar-refractivity contribution < 1.29 is 4.79 Å². The van der Waals surface area contributed by atoms with Crippen molar-refractivity contribution in [2.24, 2.45) is 0 Å². The summed E-state index contributed by atoms with van der Waals surface area (Å²) in [6.45, 7) is 7.55. The van der Waals surface area contributed by atoms with Gasteiger partial charge in [-0.15, -0.1) is 0 Å². The lowest BCUT2D eigenvalue weighted by Gasteiger charge is -2.19. The summed E-state index contributed by atoms with van der Waals surface area (Å²) in [5.74, 6) is 0.167. The molecule has 1 unspecified atom stereocenters. The maximum Gasteiger partial charge on any atom is 0.244 e. The van der Waals surface area contributed by atoms with Gasteiger partial charge in [0.1, 0.15) is 0 Å². The molecule has 1 saturated heterocycles. The van der Waals surface area contributed by atoms with E-state index in [0.29, 0.717) is 0 Å². The Bertz CT molecular complexity index is 431. The van der Waals surface area contributed by atoms with Gasteiger partial charge >= 0.3 is 0 Å². The highest BCUT2D eigenvalue weighted by molar-refractivity contribution is 5.99. The molecule has 0 spiro atoms. The van der Waals surface area contributed by atoms with Crippen LogP contribution in [0.2, 0.25) is 0 Å². The fourth-order valence-corrected chi connectivity index (χ4v) is 2.32. The van der Waals surface area contributed by atoms with E-state index in [1.807, 2.05) is 37.8 Å². The monoisotopic (exact) mass is 233 g/mol. The number of pyridine rings is 1. The van der Waals surface area contributed by atoms with Crippen molar-refractivity contribution in [1.82, 2.24) is 10.3 Å². The van der Waals surface area contributed by atoms with E-state index in [-0.39, 0.29) is 11.9 Å². The number of aryl methyl sites for hydroxylation is 2. The van der Waals surface area contributed by atoms with Crippen LogP contribution in [0, 0.1) is 13.8 Å². The number of hydrogen-bond acceptors (Lipinski definition) is 3. The predicted octanol–water partition coefficient (Wildman–Crippen LogP) is 1.41. The molecule has 2 heterocycles. The fourth-order valence-electron chi connectivity index (χ4n) is 2.32. The summed E-state index contributed by atoms with van der Waals surface area (Å²) in [6.07, 6.45) is 0.875. The molecule has 4 heteroatoms. The highest BCUT2D eigenvalue weighted by atomic mass is 16.2. The topological polar surface area (TPSA) is 45.2 Å². The van der Waals surface area contributed by atoms with Crippen molar-refractivity contribution in [3.8, 4) is 0 Å². The lowest BCUT2D eigenvalue weighted by atomic mass is 10.2. The largest absolute Gasteiger partial charge is 0.309 e.